The zero-order valence-electron chi connectivity index (χ0n) is 9.06. The molecule has 0 heterocycles. The van der Waals surface area contributed by atoms with Gasteiger partial charge < -0.3 is 9.84 Å². The van der Waals surface area contributed by atoms with Crippen molar-refractivity contribution < 1.29 is 23.4 Å². The maximum absolute atomic E-state index is 12.9. The number of aromatic carboxylic acids is 1. The van der Waals surface area contributed by atoms with Crippen molar-refractivity contribution in [2.24, 2.45) is 0 Å². The predicted molar refractivity (Wildman–Crippen MR) is 59.8 cm³/mol. The number of carboxylic acids is 1. The average molecular weight is 250 g/mol. The van der Waals surface area contributed by atoms with Crippen LogP contribution in [0.3, 0.4) is 0 Å². The Bertz CT molecular complexity index is 576. The Labute approximate surface area is 101 Å². The summed E-state index contributed by atoms with van der Waals surface area (Å²) in [6.45, 7) is 0. The number of hydrogen-bond acceptors (Lipinski definition) is 2. The second-order valence-corrected chi connectivity index (χ2v) is 3.54. The van der Waals surface area contributed by atoms with Crippen LogP contribution in [-0.4, -0.2) is 11.1 Å². The van der Waals surface area contributed by atoms with E-state index in [0.29, 0.717) is 0 Å². The highest BCUT2D eigenvalue weighted by Crippen LogP contribution is 2.24. The molecule has 0 aromatic heterocycles. The topological polar surface area (TPSA) is 46.5 Å². The van der Waals surface area contributed by atoms with Gasteiger partial charge in [0.05, 0.1) is 5.56 Å². The summed E-state index contributed by atoms with van der Waals surface area (Å²) in [6, 6.07) is 8.38. The van der Waals surface area contributed by atoms with E-state index in [0.717, 1.165) is 18.2 Å². The molecule has 0 bridgehead atoms. The first-order valence-corrected chi connectivity index (χ1v) is 5.02. The molecule has 2 aromatic carbocycles. The van der Waals surface area contributed by atoms with E-state index in [9.17, 15) is 13.6 Å². The minimum absolute atomic E-state index is 0.0318. The Morgan fingerprint density at radius 3 is 2.28 bits per heavy atom. The maximum atomic E-state index is 12.9. The van der Waals surface area contributed by atoms with E-state index < -0.39 is 17.6 Å². The van der Waals surface area contributed by atoms with Gasteiger partial charge in [-0.3, -0.25) is 0 Å². The standard InChI is InChI=1S/C13H8F2O3/c14-9-5-10(15)7-12(6-9)18-11-3-1-2-8(4-11)13(16)17/h1-7H,(H,16,17). The molecule has 0 fully saturated rings. The molecule has 0 saturated carbocycles. The molecule has 0 aliphatic rings. The van der Waals surface area contributed by atoms with Crippen LogP contribution in [0.15, 0.2) is 42.5 Å². The lowest BCUT2D eigenvalue weighted by Gasteiger charge is -2.06. The molecule has 1 N–H and O–H groups in total. The molecule has 0 radical (unpaired) electrons. The average Bonchev–Trinajstić information content (AvgIpc) is 2.27. The molecule has 0 amide bonds. The molecule has 92 valence electrons. The smallest absolute Gasteiger partial charge is 0.335 e. The van der Waals surface area contributed by atoms with Gasteiger partial charge in [0, 0.05) is 18.2 Å². The fraction of sp³-hybridized carbons (Fsp3) is 0. The van der Waals surface area contributed by atoms with Crippen molar-refractivity contribution in [3.63, 3.8) is 0 Å². The Hall–Kier alpha value is -2.43. The van der Waals surface area contributed by atoms with Crippen molar-refractivity contribution in [1.82, 2.24) is 0 Å². The second-order valence-electron chi connectivity index (χ2n) is 3.54. The van der Waals surface area contributed by atoms with Gasteiger partial charge in [-0.05, 0) is 18.2 Å². The van der Waals surface area contributed by atoms with E-state index in [1.54, 1.807) is 0 Å². The third-order valence-electron chi connectivity index (χ3n) is 2.15. The van der Waals surface area contributed by atoms with Gasteiger partial charge in [-0.2, -0.15) is 0 Å². The molecule has 0 spiro atoms. The van der Waals surface area contributed by atoms with Gasteiger partial charge >= 0.3 is 5.97 Å². The lowest BCUT2D eigenvalue weighted by molar-refractivity contribution is 0.0696. The van der Waals surface area contributed by atoms with Crippen LogP contribution < -0.4 is 4.74 Å². The largest absolute Gasteiger partial charge is 0.478 e. The van der Waals surface area contributed by atoms with E-state index in [4.69, 9.17) is 9.84 Å². The zero-order valence-corrected chi connectivity index (χ0v) is 9.06. The van der Waals surface area contributed by atoms with Crippen molar-refractivity contribution in [3.05, 3.63) is 59.7 Å². The molecule has 0 aliphatic heterocycles. The highest BCUT2D eigenvalue weighted by Gasteiger charge is 2.06. The number of carbonyl (C=O) groups is 1. The number of rotatable bonds is 3. The van der Waals surface area contributed by atoms with Gasteiger partial charge in [0.15, 0.2) is 0 Å². The summed E-state index contributed by atoms with van der Waals surface area (Å²) in [5.41, 5.74) is 0.0318. The van der Waals surface area contributed by atoms with E-state index in [2.05, 4.69) is 0 Å². The first kappa shape index (κ1) is 12.0. The third kappa shape index (κ3) is 2.82. The fourth-order valence-corrected chi connectivity index (χ4v) is 1.42. The van der Waals surface area contributed by atoms with Crippen molar-refractivity contribution >= 4 is 5.97 Å². The number of hydrogen-bond donors (Lipinski definition) is 1. The molecule has 5 heteroatoms. The fourth-order valence-electron chi connectivity index (χ4n) is 1.42. The number of benzene rings is 2. The molecular formula is C13H8F2O3. The van der Waals surface area contributed by atoms with Gasteiger partial charge in [-0.1, -0.05) is 6.07 Å². The zero-order chi connectivity index (χ0) is 13.1. The van der Waals surface area contributed by atoms with Gasteiger partial charge in [-0.25, -0.2) is 13.6 Å². The summed E-state index contributed by atoms with van der Waals surface area (Å²) in [5.74, 6) is -2.47. The summed E-state index contributed by atoms with van der Waals surface area (Å²) >= 11 is 0. The monoisotopic (exact) mass is 250 g/mol. The van der Waals surface area contributed by atoms with Crippen LogP contribution in [0, 0.1) is 11.6 Å². The third-order valence-corrected chi connectivity index (χ3v) is 2.15. The second kappa shape index (κ2) is 4.83. The Balaban J connectivity index is 2.28. The van der Waals surface area contributed by atoms with E-state index >= 15 is 0 Å². The van der Waals surface area contributed by atoms with Crippen LogP contribution >= 0.6 is 0 Å². The minimum Gasteiger partial charge on any atom is -0.478 e. The van der Waals surface area contributed by atoms with Crippen LogP contribution in [0.4, 0.5) is 8.78 Å². The summed E-state index contributed by atoms with van der Waals surface area (Å²) in [5, 5.41) is 8.79. The summed E-state index contributed by atoms with van der Waals surface area (Å²) < 4.78 is 31.0. The van der Waals surface area contributed by atoms with Crippen LogP contribution in [0.5, 0.6) is 11.5 Å². The van der Waals surface area contributed by atoms with Crippen molar-refractivity contribution in [3.8, 4) is 11.5 Å². The van der Waals surface area contributed by atoms with Crippen LogP contribution in [0.25, 0.3) is 0 Å². The highest BCUT2D eigenvalue weighted by atomic mass is 19.1. The van der Waals surface area contributed by atoms with Crippen LogP contribution in [0.2, 0.25) is 0 Å². The maximum Gasteiger partial charge on any atom is 0.335 e. The molecule has 0 unspecified atom stereocenters. The molecule has 2 rings (SSSR count). The van der Waals surface area contributed by atoms with Crippen LogP contribution in [-0.2, 0) is 0 Å². The van der Waals surface area contributed by atoms with Gasteiger partial charge in [-0.15, -0.1) is 0 Å². The van der Waals surface area contributed by atoms with Crippen LogP contribution in [0.1, 0.15) is 10.4 Å². The predicted octanol–water partition coefficient (Wildman–Crippen LogP) is 3.46. The summed E-state index contributed by atoms with van der Waals surface area (Å²) in [7, 11) is 0. The molecule has 0 atom stereocenters. The SMILES string of the molecule is O=C(O)c1cccc(Oc2cc(F)cc(F)c2)c1. The number of ether oxygens (including phenoxy) is 1. The normalized spacial score (nSPS) is 10.1. The van der Waals surface area contributed by atoms with E-state index in [1.165, 1.54) is 24.3 Å². The Kier molecular flexibility index (Phi) is 3.23. The summed E-state index contributed by atoms with van der Waals surface area (Å²) in [6.07, 6.45) is 0. The lowest BCUT2D eigenvalue weighted by Crippen LogP contribution is -1.96. The first-order chi connectivity index (χ1) is 8.54. The minimum atomic E-state index is -1.11. The lowest BCUT2D eigenvalue weighted by atomic mass is 10.2. The molecule has 0 aliphatic carbocycles. The first-order valence-electron chi connectivity index (χ1n) is 5.02. The van der Waals surface area contributed by atoms with Gasteiger partial charge in [0.1, 0.15) is 23.1 Å². The van der Waals surface area contributed by atoms with Crippen molar-refractivity contribution in [1.29, 1.82) is 0 Å². The quantitative estimate of drug-likeness (QED) is 0.907. The highest BCUT2D eigenvalue weighted by molar-refractivity contribution is 5.88. The van der Waals surface area contributed by atoms with E-state index in [1.807, 2.05) is 0 Å². The molecule has 0 saturated heterocycles. The van der Waals surface area contributed by atoms with Gasteiger partial charge in [0.25, 0.3) is 0 Å². The molecule has 2 aromatic rings. The van der Waals surface area contributed by atoms with E-state index in [-0.39, 0.29) is 17.1 Å². The van der Waals surface area contributed by atoms with Crippen molar-refractivity contribution in [2.45, 2.75) is 0 Å². The summed E-state index contributed by atoms with van der Waals surface area (Å²) in [4.78, 5) is 10.7. The Morgan fingerprint density at radius 2 is 1.67 bits per heavy atom. The molecule has 18 heavy (non-hydrogen) atoms. The molecule has 3 nitrogen and oxygen atoms in total. The number of carboxylic acid groups (broad SMARTS) is 1. The molecular weight excluding hydrogens is 242 g/mol. The van der Waals surface area contributed by atoms with Crippen molar-refractivity contribution in [2.75, 3.05) is 0 Å². The number of halogens is 2. The van der Waals surface area contributed by atoms with Gasteiger partial charge in [0.2, 0.25) is 0 Å². The Morgan fingerprint density at radius 1 is 1.00 bits per heavy atom.